The Morgan fingerprint density at radius 3 is 2.82 bits per heavy atom. The number of carbonyl (C=O) groups is 1. The van der Waals surface area contributed by atoms with Crippen molar-refractivity contribution in [2.75, 3.05) is 0 Å². The van der Waals surface area contributed by atoms with Gasteiger partial charge in [0.15, 0.2) is 0 Å². The maximum atomic E-state index is 10.8. The highest BCUT2D eigenvalue weighted by Crippen LogP contribution is 2.35. The molecule has 1 aliphatic carbocycles. The van der Waals surface area contributed by atoms with Crippen molar-refractivity contribution in [3.63, 3.8) is 0 Å². The minimum atomic E-state index is -0.770. The van der Waals surface area contributed by atoms with Crippen LogP contribution in [-0.4, -0.2) is 15.6 Å². The van der Waals surface area contributed by atoms with Crippen LogP contribution in [0.2, 0.25) is 0 Å². The van der Waals surface area contributed by atoms with Crippen molar-refractivity contribution in [2.24, 2.45) is 0 Å². The van der Waals surface area contributed by atoms with Gasteiger partial charge in [0.05, 0.1) is 6.42 Å². The summed E-state index contributed by atoms with van der Waals surface area (Å²) < 4.78 is 2.30. The molecule has 1 aromatic carbocycles. The van der Waals surface area contributed by atoms with Gasteiger partial charge in [0.2, 0.25) is 0 Å². The van der Waals surface area contributed by atoms with Crippen LogP contribution in [0.15, 0.2) is 30.5 Å². The van der Waals surface area contributed by atoms with Crippen LogP contribution in [0.4, 0.5) is 0 Å². The number of nitrogens with zero attached hydrogens (tertiary/aromatic N) is 1. The number of benzene rings is 1. The fourth-order valence-corrected chi connectivity index (χ4v) is 2.55. The third-order valence-corrected chi connectivity index (χ3v) is 3.66. The zero-order valence-corrected chi connectivity index (χ0v) is 9.60. The molecule has 1 saturated carbocycles. The number of hydrogen-bond donors (Lipinski definition) is 1. The van der Waals surface area contributed by atoms with E-state index in [9.17, 15) is 4.79 Å². The van der Waals surface area contributed by atoms with E-state index in [2.05, 4.69) is 16.8 Å². The number of aliphatic carboxylic acids is 1. The van der Waals surface area contributed by atoms with Crippen LogP contribution in [0.25, 0.3) is 10.9 Å². The van der Waals surface area contributed by atoms with Gasteiger partial charge in [-0.05, 0) is 37.0 Å². The molecule has 0 saturated heterocycles. The Morgan fingerprint density at radius 1 is 1.35 bits per heavy atom. The molecule has 0 atom stereocenters. The normalized spacial score (nSPS) is 16.0. The molecule has 3 rings (SSSR count). The van der Waals surface area contributed by atoms with E-state index in [-0.39, 0.29) is 6.42 Å². The Hall–Kier alpha value is -1.77. The van der Waals surface area contributed by atoms with Crippen molar-refractivity contribution in [3.05, 3.63) is 36.0 Å². The summed E-state index contributed by atoms with van der Waals surface area (Å²) in [5.41, 5.74) is 2.08. The van der Waals surface area contributed by atoms with Gasteiger partial charge >= 0.3 is 5.97 Å². The Morgan fingerprint density at radius 2 is 2.18 bits per heavy atom. The lowest BCUT2D eigenvalue weighted by Gasteiger charge is -2.28. The summed E-state index contributed by atoms with van der Waals surface area (Å²) in [6.45, 7) is 0. The summed E-state index contributed by atoms with van der Waals surface area (Å²) >= 11 is 0. The molecule has 17 heavy (non-hydrogen) atoms. The van der Waals surface area contributed by atoms with Gasteiger partial charge in [0.1, 0.15) is 0 Å². The van der Waals surface area contributed by atoms with E-state index in [1.165, 1.54) is 24.8 Å². The van der Waals surface area contributed by atoms with Crippen LogP contribution in [0, 0.1) is 0 Å². The molecule has 1 aromatic heterocycles. The maximum absolute atomic E-state index is 10.8. The first kappa shape index (κ1) is 10.4. The van der Waals surface area contributed by atoms with Crippen LogP contribution in [0.1, 0.15) is 30.9 Å². The highest BCUT2D eigenvalue weighted by atomic mass is 16.4. The van der Waals surface area contributed by atoms with Gasteiger partial charge < -0.3 is 9.67 Å². The Balaban J connectivity index is 2.07. The SMILES string of the molecule is O=C(O)Cc1cccc2c1ccn2C1CCC1. The molecular weight excluding hydrogens is 214 g/mol. The second-order valence-corrected chi connectivity index (χ2v) is 4.73. The summed E-state index contributed by atoms with van der Waals surface area (Å²) in [4.78, 5) is 10.8. The lowest BCUT2D eigenvalue weighted by molar-refractivity contribution is -0.136. The largest absolute Gasteiger partial charge is 0.481 e. The van der Waals surface area contributed by atoms with Gasteiger partial charge in [-0.2, -0.15) is 0 Å². The zero-order chi connectivity index (χ0) is 11.8. The number of hydrogen-bond acceptors (Lipinski definition) is 1. The molecule has 0 bridgehead atoms. The van der Waals surface area contributed by atoms with Crippen molar-refractivity contribution in [1.82, 2.24) is 4.57 Å². The van der Waals surface area contributed by atoms with E-state index in [0.29, 0.717) is 6.04 Å². The molecule has 0 spiro atoms. The number of rotatable bonds is 3. The lowest BCUT2D eigenvalue weighted by Crippen LogP contribution is -2.15. The Labute approximate surface area is 99.7 Å². The number of aromatic nitrogens is 1. The van der Waals surface area contributed by atoms with Crippen molar-refractivity contribution in [2.45, 2.75) is 31.7 Å². The number of carboxylic acid groups (broad SMARTS) is 1. The van der Waals surface area contributed by atoms with Crippen molar-refractivity contribution >= 4 is 16.9 Å². The van der Waals surface area contributed by atoms with Crippen LogP contribution in [0.3, 0.4) is 0 Å². The summed E-state index contributed by atoms with van der Waals surface area (Å²) in [5.74, 6) is -0.770. The number of carboxylic acids is 1. The molecule has 0 radical (unpaired) electrons. The van der Waals surface area contributed by atoms with Crippen molar-refractivity contribution in [3.8, 4) is 0 Å². The summed E-state index contributed by atoms with van der Waals surface area (Å²) in [7, 11) is 0. The van der Waals surface area contributed by atoms with Crippen molar-refractivity contribution in [1.29, 1.82) is 0 Å². The van der Waals surface area contributed by atoms with Gasteiger partial charge in [0.25, 0.3) is 0 Å². The molecule has 1 heterocycles. The van der Waals surface area contributed by atoms with E-state index in [4.69, 9.17) is 5.11 Å². The lowest BCUT2D eigenvalue weighted by atomic mass is 9.93. The third kappa shape index (κ3) is 1.71. The highest BCUT2D eigenvalue weighted by molar-refractivity contribution is 5.87. The average molecular weight is 229 g/mol. The average Bonchev–Trinajstić information content (AvgIpc) is 2.60. The standard InChI is InChI=1S/C14H15NO2/c16-14(17)9-10-3-1-6-13-12(10)7-8-15(13)11-4-2-5-11/h1,3,6-8,11H,2,4-5,9H2,(H,16,17). The first-order valence-electron chi connectivity index (χ1n) is 6.06. The smallest absolute Gasteiger partial charge is 0.307 e. The van der Waals surface area contributed by atoms with Crippen LogP contribution in [0.5, 0.6) is 0 Å². The molecule has 2 aromatic rings. The van der Waals surface area contributed by atoms with Crippen LogP contribution in [-0.2, 0) is 11.2 Å². The van der Waals surface area contributed by atoms with Gasteiger partial charge in [-0.3, -0.25) is 4.79 Å². The van der Waals surface area contributed by atoms with Crippen molar-refractivity contribution < 1.29 is 9.90 Å². The maximum Gasteiger partial charge on any atom is 0.307 e. The molecule has 88 valence electrons. The second-order valence-electron chi connectivity index (χ2n) is 4.73. The quantitative estimate of drug-likeness (QED) is 0.879. The molecule has 1 N–H and O–H groups in total. The van der Waals surface area contributed by atoms with E-state index in [0.717, 1.165) is 10.9 Å². The molecule has 0 unspecified atom stereocenters. The fourth-order valence-electron chi connectivity index (χ4n) is 2.55. The first-order valence-corrected chi connectivity index (χ1v) is 6.06. The first-order chi connectivity index (χ1) is 8.25. The monoisotopic (exact) mass is 229 g/mol. The fraction of sp³-hybridized carbons (Fsp3) is 0.357. The molecule has 3 nitrogen and oxygen atoms in total. The predicted octanol–water partition coefficient (Wildman–Crippen LogP) is 2.99. The molecule has 1 fully saturated rings. The van der Waals surface area contributed by atoms with E-state index < -0.39 is 5.97 Å². The Kier molecular flexibility index (Phi) is 2.39. The van der Waals surface area contributed by atoms with Crippen LogP contribution >= 0.6 is 0 Å². The van der Waals surface area contributed by atoms with E-state index in [1.54, 1.807) is 0 Å². The molecule has 1 aliphatic rings. The third-order valence-electron chi connectivity index (χ3n) is 3.66. The molecule has 3 heteroatoms. The second kappa shape index (κ2) is 3.91. The molecule has 0 aliphatic heterocycles. The molecule has 0 amide bonds. The predicted molar refractivity (Wildman–Crippen MR) is 66.2 cm³/mol. The summed E-state index contributed by atoms with van der Waals surface area (Å²) in [6.07, 6.45) is 5.99. The van der Waals surface area contributed by atoms with Crippen LogP contribution < -0.4 is 0 Å². The topological polar surface area (TPSA) is 42.2 Å². The van der Waals surface area contributed by atoms with Gasteiger partial charge in [-0.1, -0.05) is 12.1 Å². The minimum Gasteiger partial charge on any atom is -0.481 e. The van der Waals surface area contributed by atoms with Gasteiger partial charge in [-0.15, -0.1) is 0 Å². The summed E-state index contributed by atoms with van der Waals surface area (Å²) in [5, 5.41) is 9.98. The number of fused-ring (bicyclic) bond motifs is 1. The zero-order valence-electron chi connectivity index (χ0n) is 9.60. The minimum absolute atomic E-state index is 0.103. The van der Waals surface area contributed by atoms with E-state index in [1.807, 2.05) is 18.2 Å². The highest BCUT2D eigenvalue weighted by Gasteiger charge is 2.20. The summed E-state index contributed by atoms with van der Waals surface area (Å²) in [6, 6.07) is 8.61. The molecular formula is C14H15NO2. The van der Waals surface area contributed by atoms with E-state index >= 15 is 0 Å². The Bertz CT molecular complexity index is 567. The van der Waals surface area contributed by atoms with Gasteiger partial charge in [0, 0.05) is 23.1 Å². The van der Waals surface area contributed by atoms with Gasteiger partial charge in [-0.25, -0.2) is 0 Å².